The quantitative estimate of drug-likeness (QED) is 0.842. The molecule has 0 bridgehead atoms. The number of rotatable bonds is 4. The van der Waals surface area contributed by atoms with Gasteiger partial charge in [0.1, 0.15) is 0 Å². The van der Waals surface area contributed by atoms with Gasteiger partial charge in [-0.2, -0.15) is 0 Å². The van der Waals surface area contributed by atoms with Crippen molar-refractivity contribution >= 4 is 52.5 Å². The summed E-state index contributed by atoms with van der Waals surface area (Å²) in [6.07, 6.45) is 0. The van der Waals surface area contributed by atoms with Crippen molar-refractivity contribution in [1.29, 1.82) is 0 Å². The lowest BCUT2D eigenvalue weighted by molar-refractivity contribution is -0.116. The second kappa shape index (κ2) is 7.80. The Kier molecular flexibility index (Phi) is 5.49. The summed E-state index contributed by atoms with van der Waals surface area (Å²) in [5.74, 6) is -0.366. The van der Waals surface area contributed by atoms with Crippen molar-refractivity contribution in [3.8, 4) is 0 Å². The third-order valence-corrected chi connectivity index (χ3v) is 5.00. The van der Waals surface area contributed by atoms with Crippen LogP contribution in [0.3, 0.4) is 0 Å². The van der Waals surface area contributed by atoms with Crippen LogP contribution < -0.4 is 10.6 Å². The smallest absolute Gasteiger partial charge is 0.254 e. The molecule has 8 heteroatoms. The third-order valence-electron chi connectivity index (χ3n) is 3.70. The SMILES string of the molecule is CN(CC(=O)Nc1cccc(Cl)c1)C(=O)c1ccc2c(c1)NC(=O)CS2. The highest BCUT2D eigenvalue weighted by Crippen LogP contribution is 2.32. The van der Waals surface area contributed by atoms with E-state index >= 15 is 0 Å². The molecule has 3 rings (SSSR count). The van der Waals surface area contributed by atoms with Crippen LogP contribution in [0.25, 0.3) is 0 Å². The van der Waals surface area contributed by atoms with Crippen molar-refractivity contribution in [2.24, 2.45) is 0 Å². The van der Waals surface area contributed by atoms with Crippen LogP contribution in [-0.2, 0) is 9.59 Å². The highest BCUT2D eigenvalue weighted by atomic mass is 35.5. The van der Waals surface area contributed by atoms with E-state index in [-0.39, 0.29) is 24.3 Å². The highest BCUT2D eigenvalue weighted by Gasteiger charge is 2.20. The number of carbonyl (C=O) groups excluding carboxylic acids is 3. The molecule has 0 fully saturated rings. The zero-order chi connectivity index (χ0) is 18.7. The van der Waals surface area contributed by atoms with Gasteiger partial charge >= 0.3 is 0 Å². The van der Waals surface area contributed by atoms with Crippen LogP contribution in [0, 0.1) is 0 Å². The summed E-state index contributed by atoms with van der Waals surface area (Å²) >= 11 is 7.31. The number of fused-ring (bicyclic) bond motifs is 1. The minimum absolute atomic E-state index is 0.0960. The lowest BCUT2D eigenvalue weighted by Crippen LogP contribution is -2.35. The maximum Gasteiger partial charge on any atom is 0.254 e. The van der Waals surface area contributed by atoms with Gasteiger partial charge in [-0.05, 0) is 36.4 Å². The summed E-state index contributed by atoms with van der Waals surface area (Å²) in [6.45, 7) is -0.108. The summed E-state index contributed by atoms with van der Waals surface area (Å²) in [4.78, 5) is 38.4. The predicted octanol–water partition coefficient (Wildman–Crippen LogP) is 3.09. The Morgan fingerprint density at radius 3 is 2.85 bits per heavy atom. The fourth-order valence-electron chi connectivity index (χ4n) is 2.49. The van der Waals surface area contributed by atoms with Crippen LogP contribution >= 0.6 is 23.4 Å². The zero-order valence-corrected chi connectivity index (χ0v) is 15.5. The molecule has 2 aromatic rings. The molecular weight excluding hydrogens is 374 g/mol. The zero-order valence-electron chi connectivity index (χ0n) is 13.9. The Labute approximate surface area is 159 Å². The van der Waals surface area contributed by atoms with Gasteiger partial charge in [-0.3, -0.25) is 14.4 Å². The van der Waals surface area contributed by atoms with Gasteiger partial charge in [0.25, 0.3) is 5.91 Å². The van der Waals surface area contributed by atoms with Crippen molar-refractivity contribution in [1.82, 2.24) is 4.90 Å². The Morgan fingerprint density at radius 1 is 1.27 bits per heavy atom. The summed E-state index contributed by atoms with van der Waals surface area (Å²) in [6, 6.07) is 11.9. The number of anilines is 2. The average Bonchev–Trinajstić information content (AvgIpc) is 2.60. The molecule has 0 saturated heterocycles. The topological polar surface area (TPSA) is 78.5 Å². The van der Waals surface area contributed by atoms with Crippen LogP contribution in [-0.4, -0.2) is 42.0 Å². The van der Waals surface area contributed by atoms with Crippen LogP contribution in [0.5, 0.6) is 0 Å². The van der Waals surface area contributed by atoms with Crippen LogP contribution in [0.4, 0.5) is 11.4 Å². The number of thioether (sulfide) groups is 1. The molecule has 3 amide bonds. The molecule has 0 spiro atoms. The molecule has 2 aromatic carbocycles. The molecular formula is C18H16ClN3O3S. The fourth-order valence-corrected chi connectivity index (χ4v) is 3.47. The number of likely N-dealkylation sites (N-methyl/N-ethyl adjacent to an activating group) is 1. The molecule has 0 unspecified atom stereocenters. The molecule has 1 aliphatic rings. The van der Waals surface area contributed by atoms with Crippen molar-refractivity contribution in [2.75, 3.05) is 30.0 Å². The van der Waals surface area contributed by atoms with Crippen molar-refractivity contribution in [2.45, 2.75) is 4.90 Å². The van der Waals surface area contributed by atoms with Gasteiger partial charge in [0, 0.05) is 28.2 Å². The normalized spacial score (nSPS) is 12.8. The molecule has 0 saturated carbocycles. The Hall–Kier alpha value is -2.51. The van der Waals surface area contributed by atoms with Gasteiger partial charge < -0.3 is 15.5 Å². The standard InChI is InChI=1S/C18H16ClN3O3S/c1-22(9-16(23)20-13-4-2-3-12(19)8-13)18(25)11-5-6-15-14(7-11)21-17(24)10-26-15/h2-8H,9-10H2,1H3,(H,20,23)(H,21,24). The molecule has 0 aliphatic carbocycles. The van der Waals surface area contributed by atoms with Crippen LogP contribution in [0.15, 0.2) is 47.4 Å². The van der Waals surface area contributed by atoms with Crippen LogP contribution in [0.2, 0.25) is 5.02 Å². The van der Waals surface area contributed by atoms with Gasteiger partial charge in [-0.15, -0.1) is 11.8 Å². The van der Waals surface area contributed by atoms with Crippen LogP contribution in [0.1, 0.15) is 10.4 Å². The Morgan fingerprint density at radius 2 is 2.08 bits per heavy atom. The first kappa shape index (κ1) is 18.3. The molecule has 134 valence electrons. The van der Waals surface area contributed by atoms with E-state index in [0.717, 1.165) is 4.90 Å². The van der Waals surface area contributed by atoms with E-state index < -0.39 is 0 Å². The maximum absolute atomic E-state index is 12.6. The molecule has 6 nitrogen and oxygen atoms in total. The van der Waals surface area contributed by atoms with E-state index in [4.69, 9.17) is 11.6 Å². The molecule has 0 aromatic heterocycles. The van der Waals surface area contributed by atoms with E-state index in [1.165, 1.54) is 16.7 Å². The average molecular weight is 390 g/mol. The van der Waals surface area contributed by atoms with Crippen molar-refractivity contribution in [3.05, 3.63) is 53.1 Å². The molecule has 26 heavy (non-hydrogen) atoms. The van der Waals surface area contributed by atoms with Crippen molar-refractivity contribution < 1.29 is 14.4 Å². The first-order valence-electron chi connectivity index (χ1n) is 7.80. The maximum atomic E-state index is 12.6. The number of nitrogens with zero attached hydrogens (tertiary/aromatic N) is 1. The monoisotopic (exact) mass is 389 g/mol. The number of hydrogen-bond donors (Lipinski definition) is 2. The number of benzene rings is 2. The first-order chi connectivity index (χ1) is 12.4. The van der Waals surface area contributed by atoms with Gasteiger partial charge in [0.15, 0.2) is 0 Å². The summed E-state index contributed by atoms with van der Waals surface area (Å²) < 4.78 is 0. The van der Waals surface area contributed by atoms with Gasteiger partial charge in [-0.1, -0.05) is 17.7 Å². The summed E-state index contributed by atoms with van der Waals surface area (Å²) in [5.41, 5.74) is 1.59. The van der Waals surface area contributed by atoms with Gasteiger partial charge in [0.2, 0.25) is 11.8 Å². The Bertz CT molecular complexity index is 888. The minimum atomic E-state index is -0.329. The largest absolute Gasteiger partial charge is 0.332 e. The highest BCUT2D eigenvalue weighted by molar-refractivity contribution is 8.00. The van der Waals surface area contributed by atoms with Gasteiger partial charge in [-0.25, -0.2) is 0 Å². The van der Waals surface area contributed by atoms with Crippen molar-refractivity contribution in [3.63, 3.8) is 0 Å². The van der Waals surface area contributed by atoms with E-state index in [1.807, 2.05) is 0 Å². The van der Waals surface area contributed by atoms with E-state index in [0.29, 0.717) is 27.7 Å². The fraction of sp³-hybridized carbons (Fsp3) is 0.167. The lowest BCUT2D eigenvalue weighted by atomic mass is 10.1. The molecule has 1 heterocycles. The molecule has 0 atom stereocenters. The molecule has 0 radical (unpaired) electrons. The number of hydrogen-bond acceptors (Lipinski definition) is 4. The molecule has 2 N–H and O–H groups in total. The lowest BCUT2D eigenvalue weighted by Gasteiger charge is -2.20. The predicted molar refractivity (Wildman–Crippen MR) is 103 cm³/mol. The van der Waals surface area contributed by atoms with E-state index in [9.17, 15) is 14.4 Å². The number of nitrogens with one attached hydrogen (secondary N) is 2. The van der Waals surface area contributed by atoms with E-state index in [1.54, 1.807) is 49.5 Å². The summed E-state index contributed by atoms with van der Waals surface area (Å²) in [7, 11) is 1.55. The second-order valence-corrected chi connectivity index (χ2v) is 7.22. The Balaban J connectivity index is 1.65. The number of halogens is 1. The van der Waals surface area contributed by atoms with Gasteiger partial charge in [0.05, 0.1) is 18.0 Å². The second-order valence-electron chi connectivity index (χ2n) is 5.77. The van der Waals surface area contributed by atoms with E-state index in [2.05, 4.69) is 10.6 Å². The molecule has 1 aliphatic heterocycles. The first-order valence-corrected chi connectivity index (χ1v) is 9.16. The number of carbonyl (C=O) groups is 3. The number of amides is 3. The summed E-state index contributed by atoms with van der Waals surface area (Å²) in [5, 5.41) is 5.96. The third kappa shape index (κ3) is 4.36. The minimum Gasteiger partial charge on any atom is -0.332 e.